The van der Waals surface area contributed by atoms with Crippen molar-refractivity contribution in [3.63, 3.8) is 0 Å². The molecule has 1 atom stereocenters. The second-order valence-electron chi connectivity index (χ2n) is 6.57. The van der Waals surface area contributed by atoms with Crippen molar-refractivity contribution in [3.8, 4) is 0 Å². The summed E-state index contributed by atoms with van der Waals surface area (Å²) < 4.78 is 0. The average molecular weight is 246 g/mol. The molecule has 0 aliphatic carbocycles. The van der Waals surface area contributed by atoms with Gasteiger partial charge in [-0.15, -0.1) is 0 Å². The molecule has 1 aliphatic heterocycles. The highest BCUT2D eigenvalue weighted by molar-refractivity contribution is 5.59. The van der Waals surface area contributed by atoms with Gasteiger partial charge < -0.3 is 10.2 Å². The Labute approximate surface area is 111 Å². The summed E-state index contributed by atoms with van der Waals surface area (Å²) in [7, 11) is 0. The standard InChI is InChI=1S/C16H26N2/c1-12-7-6-8-13(2)15(12)18-9-14(3)17-10-16(4,5)11-18/h6-8,14,17H,9-11H2,1-5H3. The lowest BCUT2D eigenvalue weighted by Gasteiger charge is -2.33. The predicted molar refractivity (Wildman–Crippen MR) is 79.4 cm³/mol. The van der Waals surface area contributed by atoms with E-state index >= 15 is 0 Å². The Kier molecular flexibility index (Phi) is 3.67. The van der Waals surface area contributed by atoms with Crippen molar-refractivity contribution < 1.29 is 0 Å². The first kappa shape index (κ1) is 13.4. The molecule has 1 unspecified atom stereocenters. The molecule has 1 aromatic rings. The first-order valence-electron chi connectivity index (χ1n) is 6.94. The summed E-state index contributed by atoms with van der Waals surface area (Å²) >= 11 is 0. The van der Waals surface area contributed by atoms with E-state index in [4.69, 9.17) is 0 Å². The molecule has 0 spiro atoms. The van der Waals surface area contributed by atoms with E-state index in [1.54, 1.807) is 0 Å². The maximum Gasteiger partial charge on any atom is 0.0426 e. The summed E-state index contributed by atoms with van der Waals surface area (Å²) in [5.74, 6) is 0. The number of benzene rings is 1. The van der Waals surface area contributed by atoms with Gasteiger partial charge in [0.05, 0.1) is 0 Å². The van der Waals surface area contributed by atoms with Crippen LogP contribution in [0.2, 0.25) is 0 Å². The quantitative estimate of drug-likeness (QED) is 0.819. The van der Waals surface area contributed by atoms with E-state index in [-0.39, 0.29) is 0 Å². The van der Waals surface area contributed by atoms with Crippen LogP contribution in [0.1, 0.15) is 31.9 Å². The number of nitrogens with one attached hydrogen (secondary N) is 1. The Morgan fingerprint density at radius 1 is 1.22 bits per heavy atom. The maximum atomic E-state index is 3.63. The molecular formula is C16H26N2. The van der Waals surface area contributed by atoms with Crippen molar-refractivity contribution in [2.24, 2.45) is 5.41 Å². The zero-order valence-corrected chi connectivity index (χ0v) is 12.4. The van der Waals surface area contributed by atoms with Gasteiger partial charge >= 0.3 is 0 Å². The number of anilines is 1. The molecule has 0 bridgehead atoms. The van der Waals surface area contributed by atoms with Gasteiger partial charge in [-0.3, -0.25) is 0 Å². The van der Waals surface area contributed by atoms with E-state index in [0.717, 1.165) is 19.6 Å². The van der Waals surface area contributed by atoms with E-state index in [0.29, 0.717) is 11.5 Å². The molecule has 2 rings (SSSR count). The van der Waals surface area contributed by atoms with Gasteiger partial charge in [-0.1, -0.05) is 32.0 Å². The monoisotopic (exact) mass is 246 g/mol. The lowest BCUT2D eigenvalue weighted by Crippen LogP contribution is -2.36. The van der Waals surface area contributed by atoms with Crippen molar-refractivity contribution in [1.29, 1.82) is 0 Å². The van der Waals surface area contributed by atoms with Crippen LogP contribution in [0.15, 0.2) is 18.2 Å². The fraction of sp³-hybridized carbons (Fsp3) is 0.625. The van der Waals surface area contributed by atoms with Crippen LogP contribution in [0.5, 0.6) is 0 Å². The first-order valence-corrected chi connectivity index (χ1v) is 6.94. The van der Waals surface area contributed by atoms with E-state index in [9.17, 15) is 0 Å². The lowest BCUT2D eigenvalue weighted by atomic mass is 9.92. The average Bonchev–Trinajstić information content (AvgIpc) is 2.37. The SMILES string of the molecule is Cc1cccc(C)c1N1CC(C)NCC(C)(C)C1. The Morgan fingerprint density at radius 3 is 2.44 bits per heavy atom. The molecular weight excluding hydrogens is 220 g/mol. The van der Waals surface area contributed by atoms with Gasteiger partial charge in [0.2, 0.25) is 0 Å². The van der Waals surface area contributed by atoms with Gasteiger partial charge in [0.15, 0.2) is 0 Å². The zero-order valence-electron chi connectivity index (χ0n) is 12.4. The summed E-state index contributed by atoms with van der Waals surface area (Å²) in [6, 6.07) is 7.14. The Morgan fingerprint density at radius 2 is 1.83 bits per heavy atom. The van der Waals surface area contributed by atoms with Crippen molar-refractivity contribution in [3.05, 3.63) is 29.3 Å². The fourth-order valence-corrected chi connectivity index (χ4v) is 2.96. The molecule has 2 heteroatoms. The second kappa shape index (κ2) is 4.93. The molecule has 1 aliphatic rings. The molecule has 18 heavy (non-hydrogen) atoms. The number of hydrogen-bond acceptors (Lipinski definition) is 2. The van der Waals surface area contributed by atoms with Gasteiger partial charge in [0.1, 0.15) is 0 Å². The number of hydrogen-bond donors (Lipinski definition) is 1. The molecule has 0 aromatic heterocycles. The summed E-state index contributed by atoms with van der Waals surface area (Å²) in [6.45, 7) is 14.7. The Hall–Kier alpha value is -1.02. The van der Waals surface area contributed by atoms with E-state index in [2.05, 4.69) is 63.0 Å². The third-order valence-electron chi connectivity index (χ3n) is 3.80. The predicted octanol–water partition coefficient (Wildman–Crippen LogP) is 3.13. The van der Waals surface area contributed by atoms with Crippen LogP contribution < -0.4 is 10.2 Å². The smallest absolute Gasteiger partial charge is 0.0426 e. The summed E-state index contributed by atoms with van der Waals surface area (Å²) in [5, 5.41) is 3.63. The molecule has 1 saturated heterocycles. The second-order valence-corrected chi connectivity index (χ2v) is 6.57. The van der Waals surface area contributed by atoms with Crippen molar-refractivity contribution in [1.82, 2.24) is 5.32 Å². The highest BCUT2D eigenvalue weighted by Crippen LogP contribution is 2.29. The maximum absolute atomic E-state index is 3.63. The van der Waals surface area contributed by atoms with Crippen LogP contribution >= 0.6 is 0 Å². The first-order chi connectivity index (χ1) is 8.39. The molecule has 1 aromatic carbocycles. The Bertz CT molecular complexity index is 403. The van der Waals surface area contributed by atoms with Gasteiger partial charge in [0.25, 0.3) is 0 Å². The minimum Gasteiger partial charge on any atom is -0.369 e. The van der Waals surface area contributed by atoms with Crippen molar-refractivity contribution in [2.45, 2.75) is 40.7 Å². The van der Waals surface area contributed by atoms with Crippen molar-refractivity contribution in [2.75, 3.05) is 24.5 Å². The van der Waals surface area contributed by atoms with E-state index in [1.807, 2.05) is 0 Å². The number of para-hydroxylation sites is 1. The molecule has 0 radical (unpaired) electrons. The molecule has 100 valence electrons. The van der Waals surface area contributed by atoms with Crippen molar-refractivity contribution >= 4 is 5.69 Å². The summed E-state index contributed by atoms with van der Waals surface area (Å²) in [5.41, 5.74) is 4.53. The van der Waals surface area contributed by atoms with Gasteiger partial charge in [-0.05, 0) is 37.3 Å². The van der Waals surface area contributed by atoms with Crippen LogP contribution in [0.4, 0.5) is 5.69 Å². The largest absolute Gasteiger partial charge is 0.369 e. The van der Waals surface area contributed by atoms with E-state index in [1.165, 1.54) is 16.8 Å². The number of aryl methyl sites for hydroxylation is 2. The van der Waals surface area contributed by atoms with Crippen LogP contribution in [-0.4, -0.2) is 25.7 Å². The number of rotatable bonds is 1. The van der Waals surface area contributed by atoms with Gasteiger partial charge in [-0.25, -0.2) is 0 Å². The lowest BCUT2D eigenvalue weighted by molar-refractivity contribution is 0.362. The molecule has 1 N–H and O–H groups in total. The number of nitrogens with zero attached hydrogens (tertiary/aromatic N) is 1. The molecule has 0 saturated carbocycles. The topological polar surface area (TPSA) is 15.3 Å². The molecule has 1 heterocycles. The molecule has 2 nitrogen and oxygen atoms in total. The van der Waals surface area contributed by atoms with E-state index < -0.39 is 0 Å². The third-order valence-corrected chi connectivity index (χ3v) is 3.80. The van der Waals surface area contributed by atoms with Gasteiger partial charge in [0, 0.05) is 31.4 Å². The molecule has 0 amide bonds. The zero-order chi connectivity index (χ0) is 13.3. The van der Waals surface area contributed by atoms with Crippen LogP contribution in [0.3, 0.4) is 0 Å². The normalized spacial score (nSPS) is 23.8. The van der Waals surface area contributed by atoms with Gasteiger partial charge in [-0.2, -0.15) is 0 Å². The highest BCUT2D eigenvalue weighted by Gasteiger charge is 2.28. The summed E-state index contributed by atoms with van der Waals surface area (Å²) in [4.78, 5) is 2.56. The minimum absolute atomic E-state index is 0.319. The molecule has 1 fully saturated rings. The fourth-order valence-electron chi connectivity index (χ4n) is 2.96. The van der Waals surface area contributed by atoms with Crippen LogP contribution in [0.25, 0.3) is 0 Å². The van der Waals surface area contributed by atoms with Crippen LogP contribution in [-0.2, 0) is 0 Å². The Balaban J connectivity index is 2.35. The highest BCUT2D eigenvalue weighted by atomic mass is 15.2. The third kappa shape index (κ3) is 2.86. The van der Waals surface area contributed by atoms with Crippen LogP contribution in [0, 0.1) is 19.3 Å². The summed E-state index contributed by atoms with van der Waals surface area (Å²) in [6.07, 6.45) is 0. The minimum atomic E-state index is 0.319.